The predicted molar refractivity (Wildman–Crippen MR) is 91.5 cm³/mol. The molecule has 0 aromatic carbocycles. The second-order valence-electron chi connectivity index (χ2n) is 8.88. The number of hydrogen-bond acceptors (Lipinski definition) is 4. The number of aliphatic hydroxyl groups excluding tert-OH is 1. The van der Waals surface area contributed by atoms with Gasteiger partial charge in [0.15, 0.2) is 0 Å². The molecule has 0 spiro atoms. The lowest BCUT2D eigenvalue weighted by Gasteiger charge is -2.58. The van der Waals surface area contributed by atoms with Gasteiger partial charge < -0.3 is 19.6 Å². The number of rotatable bonds is 2. The van der Waals surface area contributed by atoms with Crippen LogP contribution in [-0.2, 0) is 9.53 Å². The second-order valence-corrected chi connectivity index (χ2v) is 8.88. The number of hydrogen-bond donors (Lipinski definition) is 1. The minimum Gasteiger partial charge on any atom is -0.444 e. The van der Waals surface area contributed by atoms with Crippen molar-refractivity contribution in [3.05, 3.63) is 0 Å². The zero-order chi connectivity index (χ0) is 18.3. The first-order valence-electron chi connectivity index (χ1n) is 8.89. The van der Waals surface area contributed by atoms with Crippen LogP contribution < -0.4 is 0 Å². The fraction of sp³-hybridized carbons (Fsp3) is 0.889. The van der Waals surface area contributed by atoms with Crippen LogP contribution in [0.15, 0.2) is 0 Å². The highest BCUT2D eigenvalue weighted by atomic mass is 16.6. The fourth-order valence-electron chi connectivity index (χ4n) is 4.03. The number of likely N-dealkylation sites (tertiary alicyclic amines) is 2. The molecule has 0 aromatic rings. The zero-order valence-corrected chi connectivity index (χ0v) is 15.8. The molecule has 6 heteroatoms. The number of carbonyl (C=O) groups is 2. The minimum absolute atomic E-state index is 0.0675. The van der Waals surface area contributed by atoms with Crippen LogP contribution in [0.5, 0.6) is 0 Å². The predicted octanol–water partition coefficient (Wildman–Crippen LogP) is 2.25. The molecule has 138 valence electrons. The van der Waals surface area contributed by atoms with Gasteiger partial charge >= 0.3 is 6.09 Å². The summed E-state index contributed by atoms with van der Waals surface area (Å²) in [6, 6.07) is 0.149. The van der Waals surface area contributed by atoms with Gasteiger partial charge in [-0.1, -0.05) is 13.8 Å². The quantitative estimate of drug-likeness (QED) is 0.837. The molecule has 2 rings (SSSR count). The first-order valence-corrected chi connectivity index (χ1v) is 8.89. The van der Waals surface area contributed by atoms with Crippen LogP contribution in [0.4, 0.5) is 4.79 Å². The van der Waals surface area contributed by atoms with E-state index in [-0.39, 0.29) is 23.5 Å². The lowest BCUT2D eigenvalue weighted by atomic mass is 9.67. The Morgan fingerprint density at radius 1 is 1.21 bits per heavy atom. The van der Waals surface area contributed by atoms with E-state index in [2.05, 4.69) is 13.8 Å². The van der Waals surface area contributed by atoms with Gasteiger partial charge in [0.1, 0.15) is 11.7 Å². The Labute approximate surface area is 145 Å². The molecule has 1 N–H and O–H groups in total. The van der Waals surface area contributed by atoms with E-state index in [0.29, 0.717) is 25.6 Å². The molecule has 2 heterocycles. The van der Waals surface area contributed by atoms with Crippen molar-refractivity contribution < 1.29 is 19.4 Å². The molecule has 2 aliphatic heterocycles. The fourth-order valence-corrected chi connectivity index (χ4v) is 4.03. The van der Waals surface area contributed by atoms with Crippen molar-refractivity contribution >= 4 is 12.0 Å². The molecule has 0 aromatic heterocycles. The topological polar surface area (TPSA) is 70.1 Å². The van der Waals surface area contributed by atoms with Crippen LogP contribution in [0, 0.1) is 11.3 Å². The molecule has 0 unspecified atom stereocenters. The van der Waals surface area contributed by atoms with Crippen molar-refractivity contribution in [3.63, 3.8) is 0 Å². The van der Waals surface area contributed by atoms with E-state index in [1.54, 1.807) is 4.90 Å². The van der Waals surface area contributed by atoms with E-state index in [1.807, 2.05) is 25.7 Å². The van der Waals surface area contributed by atoms with Gasteiger partial charge in [-0.3, -0.25) is 4.79 Å². The van der Waals surface area contributed by atoms with E-state index >= 15 is 0 Å². The molecular formula is C18H32N2O4. The van der Waals surface area contributed by atoms with Crippen molar-refractivity contribution in [2.24, 2.45) is 11.3 Å². The van der Waals surface area contributed by atoms with Crippen LogP contribution in [0.25, 0.3) is 0 Å². The van der Waals surface area contributed by atoms with Gasteiger partial charge in [-0.15, -0.1) is 0 Å². The lowest BCUT2D eigenvalue weighted by molar-refractivity contribution is -0.143. The Bertz CT molecular complexity index is 488. The molecule has 2 saturated heterocycles. The molecule has 0 saturated carbocycles. The highest BCUT2D eigenvalue weighted by Gasteiger charge is 2.53. The Morgan fingerprint density at radius 2 is 1.75 bits per heavy atom. The first-order chi connectivity index (χ1) is 10.9. The van der Waals surface area contributed by atoms with E-state index in [9.17, 15) is 14.7 Å². The smallest absolute Gasteiger partial charge is 0.410 e. The van der Waals surface area contributed by atoms with Crippen LogP contribution >= 0.6 is 0 Å². The summed E-state index contributed by atoms with van der Waals surface area (Å²) in [5.74, 6) is 0.157. The molecule has 6 nitrogen and oxygen atoms in total. The van der Waals surface area contributed by atoms with Crippen molar-refractivity contribution in [1.82, 2.24) is 9.80 Å². The maximum atomic E-state index is 12.4. The first kappa shape index (κ1) is 19.0. The Kier molecular flexibility index (Phi) is 5.19. The molecular weight excluding hydrogens is 308 g/mol. The largest absolute Gasteiger partial charge is 0.444 e. The summed E-state index contributed by atoms with van der Waals surface area (Å²) in [4.78, 5) is 27.9. The number of aliphatic hydroxyl groups is 1. The number of amides is 2. The van der Waals surface area contributed by atoms with E-state index < -0.39 is 11.7 Å². The summed E-state index contributed by atoms with van der Waals surface area (Å²) in [6.45, 7) is 13.5. The molecule has 2 aliphatic rings. The lowest BCUT2D eigenvalue weighted by Crippen LogP contribution is -2.68. The third-order valence-corrected chi connectivity index (χ3v) is 5.00. The molecule has 2 amide bonds. The molecule has 2 atom stereocenters. The van der Waals surface area contributed by atoms with Crippen LogP contribution in [0.3, 0.4) is 0 Å². The number of ether oxygens (including phenoxy) is 1. The van der Waals surface area contributed by atoms with E-state index in [1.165, 1.54) is 6.92 Å². The monoisotopic (exact) mass is 340 g/mol. The second kappa shape index (κ2) is 6.54. The van der Waals surface area contributed by atoms with Gasteiger partial charge in [0.05, 0.1) is 0 Å². The highest BCUT2D eigenvalue weighted by Crippen LogP contribution is 2.45. The summed E-state index contributed by atoms with van der Waals surface area (Å²) in [6.07, 6.45) is 0.520. The molecule has 2 fully saturated rings. The zero-order valence-electron chi connectivity index (χ0n) is 15.8. The molecule has 0 bridgehead atoms. The average Bonchev–Trinajstić information content (AvgIpc) is 2.43. The summed E-state index contributed by atoms with van der Waals surface area (Å²) < 4.78 is 5.54. The van der Waals surface area contributed by atoms with Gasteiger partial charge in [0.2, 0.25) is 0 Å². The summed E-state index contributed by atoms with van der Waals surface area (Å²) in [5.41, 5.74) is -0.424. The van der Waals surface area contributed by atoms with Gasteiger partial charge in [-0.25, -0.2) is 4.79 Å². The maximum Gasteiger partial charge on any atom is 0.410 e. The van der Waals surface area contributed by atoms with Gasteiger partial charge in [-0.05, 0) is 46.5 Å². The number of nitrogens with zero attached hydrogens (tertiary/aromatic N) is 2. The Morgan fingerprint density at radius 3 is 2.17 bits per heavy atom. The third-order valence-electron chi connectivity index (χ3n) is 5.00. The SMILES string of the molecule is C[C@@H](O)C(=O)N1CCC([C@@H]2N(C(=O)OC(C)(C)C)CC2(C)C)CC1. The third kappa shape index (κ3) is 4.02. The van der Waals surface area contributed by atoms with Crippen molar-refractivity contribution in [3.8, 4) is 0 Å². The normalized spacial score (nSPS) is 25.9. The summed E-state index contributed by atoms with van der Waals surface area (Å²) in [7, 11) is 0. The molecule has 24 heavy (non-hydrogen) atoms. The van der Waals surface area contributed by atoms with Gasteiger partial charge in [0.25, 0.3) is 5.91 Å². The molecule has 0 radical (unpaired) electrons. The Balaban J connectivity index is 1.99. The van der Waals surface area contributed by atoms with Crippen LogP contribution in [0.2, 0.25) is 0 Å². The highest BCUT2D eigenvalue weighted by molar-refractivity contribution is 5.80. The summed E-state index contributed by atoms with van der Waals surface area (Å²) >= 11 is 0. The maximum absolute atomic E-state index is 12.4. The standard InChI is InChI=1S/C18H32N2O4/c1-12(21)15(22)19-9-7-13(8-10-19)14-18(5,6)11-20(14)16(23)24-17(2,3)4/h12-14,21H,7-11H2,1-6H3/t12-,14+/m1/s1. The van der Waals surface area contributed by atoms with Crippen LogP contribution in [-0.4, -0.2) is 64.3 Å². The number of carbonyl (C=O) groups excluding carboxylic acids is 2. The Hall–Kier alpha value is -1.30. The van der Waals surface area contributed by atoms with E-state index in [4.69, 9.17) is 4.74 Å². The average molecular weight is 340 g/mol. The van der Waals surface area contributed by atoms with Crippen molar-refractivity contribution in [1.29, 1.82) is 0 Å². The summed E-state index contributed by atoms with van der Waals surface area (Å²) in [5, 5.41) is 9.45. The van der Waals surface area contributed by atoms with Gasteiger partial charge in [-0.2, -0.15) is 0 Å². The van der Waals surface area contributed by atoms with Crippen molar-refractivity contribution in [2.45, 2.75) is 72.1 Å². The molecule has 0 aliphatic carbocycles. The number of piperidine rings is 1. The van der Waals surface area contributed by atoms with Crippen molar-refractivity contribution in [2.75, 3.05) is 19.6 Å². The van der Waals surface area contributed by atoms with E-state index in [0.717, 1.165) is 12.8 Å². The van der Waals surface area contributed by atoms with Crippen LogP contribution in [0.1, 0.15) is 54.4 Å². The van der Waals surface area contributed by atoms with Gasteiger partial charge in [0, 0.05) is 31.1 Å². The minimum atomic E-state index is -0.944.